The Labute approximate surface area is 151 Å². The van der Waals surface area contributed by atoms with E-state index in [0.29, 0.717) is 18.8 Å². The molecule has 8 nitrogen and oxygen atoms in total. The first-order valence-electron chi connectivity index (χ1n) is 8.30. The van der Waals surface area contributed by atoms with Crippen molar-refractivity contribution >= 4 is 27.7 Å². The van der Waals surface area contributed by atoms with E-state index in [0.717, 1.165) is 17.1 Å². The summed E-state index contributed by atoms with van der Waals surface area (Å²) in [6.07, 6.45) is 1.92. The lowest BCUT2D eigenvalue weighted by atomic mass is 9.93. The quantitative estimate of drug-likeness (QED) is 0.801. The summed E-state index contributed by atoms with van der Waals surface area (Å²) in [5.74, 6) is -1.23. The first-order chi connectivity index (χ1) is 12.1. The van der Waals surface area contributed by atoms with Gasteiger partial charge in [0, 0.05) is 31.4 Å². The molecule has 2 aliphatic heterocycles. The third-order valence-electron chi connectivity index (χ3n) is 4.76. The van der Waals surface area contributed by atoms with Crippen molar-refractivity contribution in [3.63, 3.8) is 0 Å². The molecule has 0 aliphatic carbocycles. The second-order valence-corrected chi connectivity index (χ2v) is 8.79. The van der Waals surface area contributed by atoms with E-state index in [-0.39, 0.29) is 17.6 Å². The van der Waals surface area contributed by atoms with Crippen LogP contribution >= 0.6 is 0 Å². The predicted molar refractivity (Wildman–Crippen MR) is 96.7 cm³/mol. The number of aliphatic imine (C=N–C) groups is 1. The summed E-state index contributed by atoms with van der Waals surface area (Å²) in [7, 11) is -2.41. The highest BCUT2D eigenvalue weighted by molar-refractivity contribution is 7.89. The molecule has 0 aromatic heterocycles. The van der Waals surface area contributed by atoms with Gasteiger partial charge in [0.1, 0.15) is 11.4 Å². The Hall–Kier alpha value is -2.36. The second kappa shape index (κ2) is 6.42. The van der Waals surface area contributed by atoms with Gasteiger partial charge in [0.15, 0.2) is 0 Å². The first-order valence-corrected chi connectivity index (χ1v) is 9.91. The molecule has 0 spiro atoms. The van der Waals surface area contributed by atoms with Crippen LogP contribution in [0, 0.1) is 5.82 Å². The Balaban J connectivity index is 1.94. The van der Waals surface area contributed by atoms with Gasteiger partial charge in [0.2, 0.25) is 16.0 Å². The van der Waals surface area contributed by atoms with Gasteiger partial charge >= 0.3 is 6.03 Å². The zero-order valence-electron chi connectivity index (χ0n) is 14.7. The van der Waals surface area contributed by atoms with E-state index in [1.54, 1.807) is 4.90 Å². The highest BCUT2D eigenvalue weighted by Crippen LogP contribution is 2.34. The van der Waals surface area contributed by atoms with Crippen molar-refractivity contribution in [1.29, 1.82) is 0 Å². The average molecular weight is 383 g/mol. The fourth-order valence-electron chi connectivity index (χ4n) is 3.23. The summed E-state index contributed by atoms with van der Waals surface area (Å²) in [5.41, 5.74) is 4.78. The molecular formula is C16H22FN5O3S. The van der Waals surface area contributed by atoms with E-state index in [1.807, 2.05) is 0 Å². The Morgan fingerprint density at radius 2 is 2.00 bits per heavy atom. The van der Waals surface area contributed by atoms with Crippen molar-refractivity contribution in [2.45, 2.75) is 25.3 Å². The lowest BCUT2D eigenvalue weighted by molar-refractivity contribution is 0.222. The van der Waals surface area contributed by atoms with Crippen molar-refractivity contribution in [2.24, 2.45) is 10.7 Å². The fraction of sp³-hybridized carbons (Fsp3) is 0.500. The molecule has 0 unspecified atom stereocenters. The number of benzene rings is 1. The monoisotopic (exact) mass is 383 g/mol. The normalized spacial score (nSPS) is 25.1. The Morgan fingerprint density at radius 3 is 2.62 bits per heavy atom. The predicted octanol–water partition coefficient (Wildman–Crippen LogP) is 1.26. The summed E-state index contributed by atoms with van der Waals surface area (Å²) < 4.78 is 39.9. The maximum atomic E-state index is 14.5. The molecule has 2 heterocycles. The second-order valence-electron chi connectivity index (χ2n) is 6.79. The van der Waals surface area contributed by atoms with Crippen molar-refractivity contribution < 1.29 is 17.6 Å². The van der Waals surface area contributed by atoms with Gasteiger partial charge in [0.25, 0.3) is 0 Å². The van der Waals surface area contributed by atoms with Gasteiger partial charge in [-0.2, -0.15) is 0 Å². The van der Waals surface area contributed by atoms with Gasteiger partial charge in [-0.3, -0.25) is 0 Å². The first kappa shape index (κ1) is 18.4. The summed E-state index contributed by atoms with van der Waals surface area (Å²) >= 11 is 0. The molecule has 3 rings (SSSR count). The fourth-order valence-corrected chi connectivity index (χ4v) is 4.68. The zero-order chi connectivity index (χ0) is 19.1. The molecule has 0 bridgehead atoms. The van der Waals surface area contributed by atoms with Crippen LogP contribution in [0.2, 0.25) is 0 Å². The van der Waals surface area contributed by atoms with Crippen LogP contribution in [-0.2, 0) is 15.6 Å². The summed E-state index contributed by atoms with van der Waals surface area (Å²) in [4.78, 5) is 18.1. The molecule has 0 radical (unpaired) electrons. The molecular weight excluding hydrogens is 361 g/mol. The van der Waals surface area contributed by atoms with Gasteiger partial charge in [-0.1, -0.05) is 0 Å². The number of hydrogen-bond donors (Lipinski definition) is 2. The molecule has 1 saturated heterocycles. The van der Waals surface area contributed by atoms with Crippen molar-refractivity contribution in [1.82, 2.24) is 9.21 Å². The van der Waals surface area contributed by atoms with Crippen molar-refractivity contribution in [3.05, 3.63) is 29.6 Å². The SMILES string of the molecule is CN1C(N)=N[C@](C)(c2cc(NC(=O)N3CCCC3)ccc2F)CS1(=O)=O. The van der Waals surface area contributed by atoms with E-state index < -0.39 is 27.1 Å². The number of hydrogen-bond acceptors (Lipinski definition) is 5. The van der Waals surface area contributed by atoms with Crippen molar-refractivity contribution in [3.8, 4) is 0 Å². The van der Waals surface area contributed by atoms with Crippen LogP contribution in [0.3, 0.4) is 0 Å². The number of guanidine groups is 1. The number of carbonyl (C=O) groups excluding carboxylic acids is 1. The van der Waals surface area contributed by atoms with Gasteiger partial charge in [-0.05, 0) is 38.0 Å². The largest absolute Gasteiger partial charge is 0.369 e. The zero-order valence-corrected chi connectivity index (χ0v) is 15.5. The highest BCUT2D eigenvalue weighted by Gasteiger charge is 2.41. The highest BCUT2D eigenvalue weighted by atomic mass is 32.2. The molecule has 0 saturated carbocycles. The smallest absolute Gasteiger partial charge is 0.321 e. The Kier molecular flexibility index (Phi) is 4.55. The number of halogens is 1. The maximum absolute atomic E-state index is 14.5. The minimum absolute atomic E-state index is 0.0661. The molecule has 3 N–H and O–H groups in total. The van der Waals surface area contributed by atoms with Gasteiger partial charge < -0.3 is 16.0 Å². The third kappa shape index (κ3) is 3.33. The minimum atomic E-state index is -3.72. The molecule has 1 atom stereocenters. The van der Waals surface area contributed by atoms with E-state index in [4.69, 9.17) is 5.73 Å². The van der Waals surface area contributed by atoms with Crippen LogP contribution in [0.15, 0.2) is 23.2 Å². The van der Waals surface area contributed by atoms with E-state index >= 15 is 0 Å². The number of amides is 2. The number of nitrogens with one attached hydrogen (secondary N) is 1. The molecule has 1 aromatic carbocycles. The van der Waals surface area contributed by atoms with Gasteiger partial charge in [-0.25, -0.2) is 26.9 Å². The van der Waals surface area contributed by atoms with Crippen LogP contribution in [0.25, 0.3) is 0 Å². The molecule has 1 aromatic rings. The van der Waals surface area contributed by atoms with E-state index in [2.05, 4.69) is 10.3 Å². The van der Waals surface area contributed by atoms with E-state index in [9.17, 15) is 17.6 Å². The molecule has 1 fully saturated rings. The van der Waals surface area contributed by atoms with Crippen LogP contribution < -0.4 is 11.1 Å². The number of nitrogens with zero attached hydrogens (tertiary/aromatic N) is 3. The van der Waals surface area contributed by atoms with Gasteiger partial charge in [-0.15, -0.1) is 0 Å². The lowest BCUT2D eigenvalue weighted by Gasteiger charge is -2.34. The number of carbonyl (C=O) groups is 1. The average Bonchev–Trinajstić information content (AvgIpc) is 3.08. The number of rotatable bonds is 2. The third-order valence-corrected chi connectivity index (χ3v) is 6.70. The number of urea groups is 1. The molecule has 2 amide bonds. The number of nitrogens with two attached hydrogens (primary N) is 1. The summed E-state index contributed by atoms with van der Waals surface area (Å²) in [6, 6.07) is 3.79. The van der Waals surface area contributed by atoms with Crippen LogP contribution in [0.1, 0.15) is 25.3 Å². The molecule has 2 aliphatic rings. The summed E-state index contributed by atoms with van der Waals surface area (Å²) in [5, 5.41) is 2.73. The Bertz CT molecular complexity index is 867. The molecule has 10 heteroatoms. The summed E-state index contributed by atoms with van der Waals surface area (Å²) in [6.45, 7) is 2.88. The van der Waals surface area contributed by atoms with Gasteiger partial charge in [0.05, 0.1) is 5.75 Å². The standard InChI is InChI=1S/C16H22FN5O3S/c1-16(10-26(24,25)21(2)14(18)20-16)12-9-11(5-6-13(12)17)19-15(23)22-7-3-4-8-22/h5-6,9H,3-4,7-8,10H2,1-2H3,(H2,18,20)(H,19,23)/t16-/m0/s1. The number of likely N-dealkylation sites (tertiary alicyclic amines) is 1. The number of anilines is 1. The molecule has 26 heavy (non-hydrogen) atoms. The van der Waals surface area contributed by atoms with Crippen molar-refractivity contribution in [2.75, 3.05) is 31.2 Å². The lowest BCUT2D eigenvalue weighted by Crippen LogP contribution is -2.50. The molecule has 142 valence electrons. The van der Waals surface area contributed by atoms with Crippen LogP contribution in [0.5, 0.6) is 0 Å². The maximum Gasteiger partial charge on any atom is 0.321 e. The topological polar surface area (TPSA) is 108 Å². The number of sulfonamides is 1. The Morgan fingerprint density at radius 1 is 1.35 bits per heavy atom. The minimum Gasteiger partial charge on any atom is -0.369 e. The van der Waals surface area contributed by atoms with Crippen LogP contribution in [0.4, 0.5) is 14.9 Å². The van der Waals surface area contributed by atoms with E-state index in [1.165, 1.54) is 32.2 Å². The van der Waals surface area contributed by atoms with Crippen LogP contribution in [-0.4, -0.2) is 55.5 Å².